The van der Waals surface area contributed by atoms with Gasteiger partial charge in [0.15, 0.2) is 0 Å². The van der Waals surface area contributed by atoms with E-state index in [1.165, 1.54) is 5.56 Å². The first-order chi connectivity index (χ1) is 8.82. The third-order valence-electron chi connectivity index (χ3n) is 4.47. The molecule has 1 saturated heterocycles. The van der Waals surface area contributed by atoms with Crippen LogP contribution in [-0.4, -0.2) is 18.3 Å². The average molecular weight is 260 g/mol. The van der Waals surface area contributed by atoms with Crippen LogP contribution in [0.2, 0.25) is 5.82 Å². The second-order valence-electron chi connectivity index (χ2n) is 6.63. The lowest BCUT2D eigenvalue weighted by atomic mass is 9.70. The molecule has 0 N–H and O–H groups in total. The van der Waals surface area contributed by atoms with Crippen molar-refractivity contribution in [2.45, 2.75) is 64.5 Å². The molecule has 19 heavy (non-hydrogen) atoms. The van der Waals surface area contributed by atoms with Gasteiger partial charge in [0.2, 0.25) is 0 Å². The summed E-state index contributed by atoms with van der Waals surface area (Å²) in [7, 11) is -0.0892. The summed E-state index contributed by atoms with van der Waals surface area (Å²) >= 11 is 0. The van der Waals surface area contributed by atoms with Gasteiger partial charge in [-0.1, -0.05) is 37.3 Å². The van der Waals surface area contributed by atoms with Crippen LogP contribution >= 0.6 is 0 Å². The van der Waals surface area contributed by atoms with Gasteiger partial charge in [0.05, 0.1) is 11.2 Å². The highest BCUT2D eigenvalue weighted by Gasteiger charge is 2.52. The molecule has 2 rings (SSSR count). The summed E-state index contributed by atoms with van der Waals surface area (Å²) in [6, 6.07) is 10.6. The van der Waals surface area contributed by atoms with Crippen LogP contribution in [0.1, 0.15) is 46.6 Å². The Morgan fingerprint density at radius 2 is 1.53 bits per heavy atom. The summed E-state index contributed by atoms with van der Waals surface area (Å²) in [5, 5.41) is 0. The molecule has 1 unspecified atom stereocenters. The van der Waals surface area contributed by atoms with Gasteiger partial charge in [0, 0.05) is 0 Å². The maximum Gasteiger partial charge on any atom is 0.460 e. The molecule has 1 heterocycles. The van der Waals surface area contributed by atoms with Gasteiger partial charge in [-0.15, -0.1) is 0 Å². The van der Waals surface area contributed by atoms with E-state index in [9.17, 15) is 0 Å². The lowest BCUT2D eigenvalue weighted by Crippen LogP contribution is -2.41. The van der Waals surface area contributed by atoms with Gasteiger partial charge < -0.3 is 9.31 Å². The summed E-state index contributed by atoms with van der Waals surface area (Å²) in [5.74, 6) is 0.404. The molecular weight excluding hydrogens is 235 g/mol. The van der Waals surface area contributed by atoms with Crippen molar-refractivity contribution in [1.82, 2.24) is 0 Å². The van der Waals surface area contributed by atoms with Crippen molar-refractivity contribution in [1.29, 1.82) is 0 Å². The third-order valence-corrected chi connectivity index (χ3v) is 4.47. The molecule has 1 aliphatic rings. The van der Waals surface area contributed by atoms with Crippen molar-refractivity contribution in [2.75, 3.05) is 0 Å². The minimum atomic E-state index is -0.224. The molecule has 1 aromatic rings. The van der Waals surface area contributed by atoms with E-state index in [0.29, 0.717) is 5.82 Å². The second kappa shape index (κ2) is 5.30. The van der Waals surface area contributed by atoms with E-state index >= 15 is 0 Å². The zero-order valence-corrected chi connectivity index (χ0v) is 12.8. The molecule has 104 valence electrons. The molecule has 0 aliphatic carbocycles. The molecule has 1 atom stereocenters. The normalized spacial score (nSPS) is 22.5. The average Bonchev–Trinajstić information content (AvgIpc) is 2.57. The van der Waals surface area contributed by atoms with E-state index in [1.54, 1.807) is 0 Å². The van der Waals surface area contributed by atoms with Gasteiger partial charge in [0.25, 0.3) is 0 Å². The summed E-state index contributed by atoms with van der Waals surface area (Å²) in [4.78, 5) is 0. The minimum Gasteiger partial charge on any atom is -0.403 e. The lowest BCUT2D eigenvalue weighted by molar-refractivity contribution is 0.00578. The molecule has 0 amide bonds. The highest BCUT2D eigenvalue weighted by Crippen LogP contribution is 2.40. The van der Waals surface area contributed by atoms with Crippen LogP contribution in [0.5, 0.6) is 0 Å². The van der Waals surface area contributed by atoms with Crippen molar-refractivity contribution in [2.24, 2.45) is 0 Å². The van der Waals surface area contributed by atoms with Gasteiger partial charge in [-0.25, -0.2) is 0 Å². The van der Waals surface area contributed by atoms with Crippen LogP contribution < -0.4 is 0 Å². The van der Waals surface area contributed by atoms with E-state index in [-0.39, 0.29) is 18.3 Å². The van der Waals surface area contributed by atoms with Gasteiger partial charge in [-0.2, -0.15) is 0 Å². The zero-order chi connectivity index (χ0) is 14.1. The maximum atomic E-state index is 6.09. The third kappa shape index (κ3) is 3.21. The quantitative estimate of drug-likeness (QED) is 0.759. The standard InChI is InChI=1S/C16H25BO2/c1-13(11-12-14-9-7-6-8-10-14)17-18-15(2,3)16(4,5)19-17/h6-10,13H,11-12H2,1-5H3. The Bertz CT molecular complexity index is 398. The molecule has 0 aromatic heterocycles. The molecule has 3 heteroatoms. The number of benzene rings is 1. The van der Waals surface area contributed by atoms with Crippen molar-refractivity contribution >= 4 is 7.12 Å². The first-order valence-electron chi connectivity index (χ1n) is 7.21. The largest absolute Gasteiger partial charge is 0.460 e. The van der Waals surface area contributed by atoms with Crippen LogP contribution in [0.4, 0.5) is 0 Å². The molecule has 1 fully saturated rings. The van der Waals surface area contributed by atoms with Crippen LogP contribution in [0, 0.1) is 0 Å². The van der Waals surface area contributed by atoms with Crippen LogP contribution in [-0.2, 0) is 15.7 Å². The Balaban J connectivity index is 1.90. The Morgan fingerprint density at radius 3 is 2.05 bits per heavy atom. The lowest BCUT2D eigenvalue weighted by Gasteiger charge is -2.32. The smallest absolute Gasteiger partial charge is 0.403 e. The SMILES string of the molecule is CC(CCc1ccccc1)B1OC(C)(C)C(C)(C)O1. The van der Waals surface area contributed by atoms with Gasteiger partial charge in [0.1, 0.15) is 0 Å². The van der Waals surface area contributed by atoms with E-state index in [1.807, 2.05) is 0 Å². The number of hydrogen-bond donors (Lipinski definition) is 0. The molecular formula is C16H25BO2. The zero-order valence-electron chi connectivity index (χ0n) is 12.8. The predicted octanol–water partition coefficient (Wildman–Crippen LogP) is 4.10. The Hall–Kier alpha value is -0.795. The van der Waals surface area contributed by atoms with E-state index in [0.717, 1.165) is 12.8 Å². The van der Waals surface area contributed by atoms with Crippen molar-refractivity contribution in [3.63, 3.8) is 0 Å². The molecule has 0 bridgehead atoms. The second-order valence-corrected chi connectivity index (χ2v) is 6.63. The summed E-state index contributed by atoms with van der Waals surface area (Å²) in [6.07, 6.45) is 2.16. The van der Waals surface area contributed by atoms with Crippen molar-refractivity contribution in [3.8, 4) is 0 Å². The summed E-state index contributed by atoms with van der Waals surface area (Å²) in [6.45, 7) is 10.6. The van der Waals surface area contributed by atoms with Crippen LogP contribution in [0.15, 0.2) is 30.3 Å². The van der Waals surface area contributed by atoms with E-state index < -0.39 is 0 Å². The molecule has 1 aromatic carbocycles. The number of rotatable bonds is 4. The minimum absolute atomic E-state index is 0.0892. The summed E-state index contributed by atoms with van der Waals surface area (Å²) in [5.41, 5.74) is 0.933. The molecule has 2 nitrogen and oxygen atoms in total. The van der Waals surface area contributed by atoms with Crippen LogP contribution in [0.25, 0.3) is 0 Å². The van der Waals surface area contributed by atoms with Crippen molar-refractivity contribution in [3.05, 3.63) is 35.9 Å². The topological polar surface area (TPSA) is 18.5 Å². The fourth-order valence-corrected chi connectivity index (χ4v) is 2.30. The number of aryl methyl sites for hydroxylation is 1. The van der Waals surface area contributed by atoms with Crippen LogP contribution in [0.3, 0.4) is 0 Å². The van der Waals surface area contributed by atoms with Gasteiger partial charge in [-0.3, -0.25) is 0 Å². The highest BCUT2D eigenvalue weighted by molar-refractivity contribution is 6.47. The Labute approximate surface area is 117 Å². The monoisotopic (exact) mass is 260 g/mol. The fourth-order valence-electron chi connectivity index (χ4n) is 2.30. The Kier molecular flexibility index (Phi) is 4.07. The van der Waals surface area contributed by atoms with E-state index in [2.05, 4.69) is 65.0 Å². The highest BCUT2D eigenvalue weighted by atomic mass is 16.7. The Morgan fingerprint density at radius 1 is 1.00 bits per heavy atom. The molecule has 0 saturated carbocycles. The summed E-state index contributed by atoms with van der Waals surface area (Å²) < 4.78 is 12.2. The van der Waals surface area contributed by atoms with Gasteiger partial charge >= 0.3 is 7.12 Å². The maximum absolute atomic E-state index is 6.09. The molecule has 1 aliphatic heterocycles. The first kappa shape index (κ1) is 14.6. The van der Waals surface area contributed by atoms with Gasteiger partial charge in [-0.05, 0) is 51.9 Å². The fraction of sp³-hybridized carbons (Fsp3) is 0.625. The van der Waals surface area contributed by atoms with E-state index in [4.69, 9.17) is 9.31 Å². The van der Waals surface area contributed by atoms with Crippen molar-refractivity contribution < 1.29 is 9.31 Å². The first-order valence-corrected chi connectivity index (χ1v) is 7.21. The molecule has 0 spiro atoms. The predicted molar refractivity (Wildman–Crippen MR) is 80.3 cm³/mol. The number of hydrogen-bond acceptors (Lipinski definition) is 2. The molecule has 0 radical (unpaired) electrons.